The fourth-order valence-electron chi connectivity index (χ4n) is 4.13. The van der Waals surface area contributed by atoms with Crippen molar-refractivity contribution in [1.82, 2.24) is 5.32 Å². The van der Waals surface area contributed by atoms with Gasteiger partial charge in [0.2, 0.25) is 0 Å². The Balaban J connectivity index is 1.81. The Bertz CT molecular complexity index is 726. The quantitative estimate of drug-likeness (QED) is 0.878. The highest BCUT2D eigenvalue weighted by molar-refractivity contribution is 5.81. The van der Waals surface area contributed by atoms with Gasteiger partial charge in [-0.2, -0.15) is 0 Å². The monoisotopic (exact) mass is 322 g/mol. The van der Waals surface area contributed by atoms with Gasteiger partial charge >= 0.3 is 0 Å². The standard InChI is InChI=1S/C21H26N2O/c1-14(2)24-20-9-4-3-6-15(20)16-7-5-8-19-21(16)17-10-12-22-13-11-18(17)23-19/h3-9,14,17-18,22-23H,10-13H2,1-2H3/t17-,18+/m1/s1. The summed E-state index contributed by atoms with van der Waals surface area (Å²) in [5.41, 5.74) is 5.32. The van der Waals surface area contributed by atoms with Gasteiger partial charge in [0.25, 0.3) is 0 Å². The molecule has 126 valence electrons. The third-order valence-electron chi connectivity index (χ3n) is 5.11. The van der Waals surface area contributed by atoms with E-state index in [1.165, 1.54) is 35.2 Å². The van der Waals surface area contributed by atoms with Crippen LogP contribution in [-0.4, -0.2) is 25.2 Å². The zero-order valence-electron chi connectivity index (χ0n) is 14.5. The summed E-state index contributed by atoms with van der Waals surface area (Å²) < 4.78 is 6.09. The molecule has 0 unspecified atom stereocenters. The lowest BCUT2D eigenvalue weighted by Gasteiger charge is -2.20. The first-order chi connectivity index (χ1) is 11.7. The van der Waals surface area contributed by atoms with Gasteiger partial charge in [0, 0.05) is 23.2 Å². The maximum Gasteiger partial charge on any atom is 0.127 e. The minimum absolute atomic E-state index is 0.177. The van der Waals surface area contributed by atoms with Crippen molar-refractivity contribution in [2.24, 2.45) is 0 Å². The van der Waals surface area contributed by atoms with Crippen LogP contribution in [-0.2, 0) is 0 Å². The van der Waals surface area contributed by atoms with Crippen LogP contribution in [0, 0.1) is 0 Å². The third kappa shape index (κ3) is 2.78. The molecular formula is C21H26N2O. The first-order valence-corrected chi connectivity index (χ1v) is 9.10. The van der Waals surface area contributed by atoms with Crippen LogP contribution in [0.4, 0.5) is 5.69 Å². The van der Waals surface area contributed by atoms with Gasteiger partial charge in [0.05, 0.1) is 6.10 Å². The molecule has 0 spiro atoms. The summed E-state index contributed by atoms with van der Waals surface area (Å²) in [6.07, 6.45) is 2.55. The largest absolute Gasteiger partial charge is 0.490 e. The van der Waals surface area contributed by atoms with Crippen molar-refractivity contribution in [2.45, 2.75) is 44.8 Å². The predicted molar refractivity (Wildman–Crippen MR) is 99.9 cm³/mol. The average Bonchev–Trinajstić information content (AvgIpc) is 2.77. The maximum atomic E-state index is 6.09. The average molecular weight is 322 g/mol. The van der Waals surface area contributed by atoms with Gasteiger partial charge in [0.1, 0.15) is 5.75 Å². The van der Waals surface area contributed by atoms with Crippen molar-refractivity contribution >= 4 is 5.69 Å². The van der Waals surface area contributed by atoms with Crippen molar-refractivity contribution in [3.63, 3.8) is 0 Å². The van der Waals surface area contributed by atoms with Crippen molar-refractivity contribution in [3.05, 3.63) is 48.0 Å². The molecule has 0 bridgehead atoms. The van der Waals surface area contributed by atoms with Crippen molar-refractivity contribution in [2.75, 3.05) is 18.4 Å². The van der Waals surface area contributed by atoms with Crippen LogP contribution >= 0.6 is 0 Å². The number of hydrogen-bond donors (Lipinski definition) is 2. The van der Waals surface area contributed by atoms with E-state index >= 15 is 0 Å². The second-order valence-corrected chi connectivity index (χ2v) is 7.11. The molecule has 0 aliphatic carbocycles. The normalized spacial score (nSPS) is 22.5. The van der Waals surface area contributed by atoms with Crippen molar-refractivity contribution < 1.29 is 4.74 Å². The second-order valence-electron chi connectivity index (χ2n) is 7.11. The summed E-state index contributed by atoms with van der Waals surface area (Å²) in [4.78, 5) is 0. The van der Waals surface area contributed by atoms with E-state index in [0.717, 1.165) is 18.8 Å². The minimum Gasteiger partial charge on any atom is -0.490 e. The summed E-state index contributed by atoms with van der Waals surface area (Å²) in [5, 5.41) is 7.30. The Morgan fingerprint density at radius 2 is 1.75 bits per heavy atom. The Morgan fingerprint density at radius 1 is 0.958 bits per heavy atom. The Morgan fingerprint density at radius 3 is 2.62 bits per heavy atom. The number of benzene rings is 2. The number of rotatable bonds is 3. The number of hydrogen-bond acceptors (Lipinski definition) is 3. The molecule has 24 heavy (non-hydrogen) atoms. The molecule has 4 rings (SSSR count). The zero-order valence-corrected chi connectivity index (χ0v) is 14.5. The van der Waals surface area contributed by atoms with E-state index in [1.54, 1.807) is 0 Å². The second kappa shape index (κ2) is 6.48. The van der Waals surface area contributed by atoms with Gasteiger partial charge in [-0.05, 0) is 63.0 Å². The zero-order chi connectivity index (χ0) is 16.5. The van der Waals surface area contributed by atoms with E-state index in [1.807, 2.05) is 0 Å². The molecule has 0 amide bonds. The fourth-order valence-corrected chi connectivity index (χ4v) is 4.13. The highest BCUT2D eigenvalue weighted by Gasteiger charge is 2.35. The number of anilines is 1. The van der Waals surface area contributed by atoms with E-state index in [9.17, 15) is 0 Å². The smallest absolute Gasteiger partial charge is 0.127 e. The molecule has 0 radical (unpaired) electrons. The van der Waals surface area contributed by atoms with Crippen LogP contribution in [0.5, 0.6) is 5.75 Å². The number of fused-ring (bicyclic) bond motifs is 3. The Labute approximate surface area is 144 Å². The van der Waals surface area contributed by atoms with E-state index in [4.69, 9.17) is 4.74 Å². The Kier molecular flexibility index (Phi) is 4.19. The molecule has 2 aliphatic heterocycles. The van der Waals surface area contributed by atoms with Crippen LogP contribution in [0.3, 0.4) is 0 Å². The van der Waals surface area contributed by atoms with Crippen LogP contribution in [0.1, 0.15) is 38.2 Å². The van der Waals surface area contributed by atoms with Gasteiger partial charge < -0.3 is 15.4 Å². The summed E-state index contributed by atoms with van der Waals surface area (Å²) in [6, 6.07) is 15.6. The Hall–Kier alpha value is -2.00. The molecule has 2 aromatic carbocycles. The van der Waals surface area contributed by atoms with Gasteiger partial charge in [-0.1, -0.05) is 30.3 Å². The summed E-state index contributed by atoms with van der Waals surface area (Å²) in [5.74, 6) is 1.56. The lowest BCUT2D eigenvalue weighted by atomic mass is 9.85. The van der Waals surface area contributed by atoms with E-state index in [-0.39, 0.29) is 6.10 Å². The molecule has 2 aromatic rings. The molecule has 0 saturated carbocycles. The molecule has 2 N–H and O–H groups in total. The summed E-state index contributed by atoms with van der Waals surface area (Å²) in [7, 11) is 0. The van der Waals surface area contributed by atoms with Crippen molar-refractivity contribution in [1.29, 1.82) is 0 Å². The van der Waals surface area contributed by atoms with Gasteiger partial charge in [-0.15, -0.1) is 0 Å². The number of nitrogens with one attached hydrogen (secondary N) is 2. The molecule has 2 aliphatic rings. The third-order valence-corrected chi connectivity index (χ3v) is 5.11. The first kappa shape index (κ1) is 15.5. The van der Waals surface area contributed by atoms with E-state index in [0.29, 0.717) is 12.0 Å². The topological polar surface area (TPSA) is 33.3 Å². The minimum atomic E-state index is 0.177. The lowest BCUT2D eigenvalue weighted by Crippen LogP contribution is -2.21. The highest BCUT2D eigenvalue weighted by atomic mass is 16.5. The van der Waals surface area contributed by atoms with Crippen LogP contribution < -0.4 is 15.4 Å². The molecule has 1 fully saturated rings. The molecule has 2 atom stereocenters. The van der Waals surface area contributed by atoms with Gasteiger partial charge in [-0.25, -0.2) is 0 Å². The fraction of sp³-hybridized carbons (Fsp3) is 0.429. The molecule has 1 saturated heterocycles. The van der Waals surface area contributed by atoms with Gasteiger partial charge in [0.15, 0.2) is 0 Å². The summed E-state index contributed by atoms with van der Waals surface area (Å²) in [6.45, 7) is 6.37. The van der Waals surface area contributed by atoms with E-state index in [2.05, 4.69) is 66.9 Å². The van der Waals surface area contributed by atoms with E-state index < -0.39 is 0 Å². The number of ether oxygens (including phenoxy) is 1. The van der Waals surface area contributed by atoms with Crippen LogP contribution in [0.2, 0.25) is 0 Å². The van der Waals surface area contributed by atoms with Crippen LogP contribution in [0.15, 0.2) is 42.5 Å². The lowest BCUT2D eigenvalue weighted by molar-refractivity contribution is 0.243. The highest BCUT2D eigenvalue weighted by Crippen LogP contribution is 2.46. The molecule has 2 heterocycles. The number of para-hydroxylation sites is 1. The predicted octanol–water partition coefficient (Wildman–Crippen LogP) is 4.40. The molecule has 3 heteroatoms. The van der Waals surface area contributed by atoms with Crippen LogP contribution in [0.25, 0.3) is 11.1 Å². The SMILES string of the molecule is CC(C)Oc1ccccc1-c1cccc2c1[C@@H]1CCNCC[C@@H]1N2. The molecule has 0 aromatic heterocycles. The summed E-state index contributed by atoms with van der Waals surface area (Å²) >= 11 is 0. The molecular weight excluding hydrogens is 296 g/mol. The molecule has 3 nitrogen and oxygen atoms in total. The van der Waals surface area contributed by atoms with Crippen molar-refractivity contribution in [3.8, 4) is 16.9 Å². The maximum absolute atomic E-state index is 6.09. The van der Waals surface area contributed by atoms with Gasteiger partial charge in [-0.3, -0.25) is 0 Å². The first-order valence-electron chi connectivity index (χ1n) is 9.10.